The minimum atomic E-state index is -0.193. The highest BCUT2D eigenvalue weighted by molar-refractivity contribution is 8.00. The summed E-state index contributed by atoms with van der Waals surface area (Å²) in [4.78, 5) is 23.6. The summed E-state index contributed by atoms with van der Waals surface area (Å²) < 4.78 is 5.06. The van der Waals surface area contributed by atoms with Gasteiger partial charge >= 0.3 is 0 Å². The molecule has 1 fully saturated rings. The van der Waals surface area contributed by atoms with Gasteiger partial charge < -0.3 is 4.74 Å². The topological polar surface area (TPSA) is 55.4 Å². The first kappa shape index (κ1) is 12.0. The largest absolute Gasteiger partial charge is 0.497 e. The average Bonchev–Trinajstić information content (AvgIpc) is 2.34. The van der Waals surface area contributed by atoms with E-state index in [1.54, 1.807) is 7.11 Å². The first-order valence-electron chi connectivity index (χ1n) is 5.33. The number of nitrogens with one attached hydrogen (secondary N) is 1. The molecule has 0 aliphatic carbocycles. The molecule has 1 N–H and O–H groups in total. The van der Waals surface area contributed by atoms with E-state index in [0.29, 0.717) is 12.8 Å². The van der Waals surface area contributed by atoms with Crippen molar-refractivity contribution >= 4 is 23.6 Å². The van der Waals surface area contributed by atoms with Crippen molar-refractivity contribution in [2.45, 2.75) is 23.0 Å². The van der Waals surface area contributed by atoms with Gasteiger partial charge in [0.2, 0.25) is 11.8 Å². The Hall–Kier alpha value is -1.49. The van der Waals surface area contributed by atoms with Crippen LogP contribution in [0.1, 0.15) is 12.8 Å². The van der Waals surface area contributed by atoms with Crippen LogP contribution >= 0.6 is 11.8 Å². The maximum Gasteiger partial charge on any atom is 0.240 e. The number of methoxy groups -OCH3 is 1. The zero-order valence-electron chi connectivity index (χ0n) is 9.43. The van der Waals surface area contributed by atoms with E-state index >= 15 is 0 Å². The lowest BCUT2D eigenvalue weighted by Gasteiger charge is -2.20. The second kappa shape index (κ2) is 5.23. The highest BCUT2D eigenvalue weighted by Crippen LogP contribution is 2.29. The van der Waals surface area contributed by atoms with Crippen LogP contribution in [0.3, 0.4) is 0 Å². The van der Waals surface area contributed by atoms with E-state index in [1.807, 2.05) is 24.3 Å². The van der Waals surface area contributed by atoms with Crippen molar-refractivity contribution in [1.29, 1.82) is 0 Å². The average molecular weight is 251 g/mol. The smallest absolute Gasteiger partial charge is 0.240 e. The summed E-state index contributed by atoms with van der Waals surface area (Å²) in [6.07, 6.45) is 1.01. The van der Waals surface area contributed by atoms with Crippen molar-refractivity contribution < 1.29 is 14.3 Å². The summed E-state index contributed by atoms with van der Waals surface area (Å²) in [6.45, 7) is 0. The number of amides is 2. The number of rotatable bonds is 3. The monoisotopic (exact) mass is 251 g/mol. The molecule has 2 amide bonds. The fourth-order valence-corrected chi connectivity index (χ4v) is 2.63. The zero-order valence-corrected chi connectivity index (χ0v) is 10.3. The molecule has 2 rings (SSSR count). The lowest BCUT2D eigenvalue weighted by Crippen LogP contribution is -2.42. The third-order valence-electron chi connectivity index (χ3n) is 2.53. The molecule has 1 unspecified atom stereocenters. The van der Waals surface area contributed by atoms with Crippen molar-refractivity contribution in [3.05, 3.63) is 24.3 Å². The normalized spacial score (nSPS) is 19.9. The number of benzene rings is 1. The molecule has 1 aliphatic heterocycles. The molecule has 1 aromatic rings. The van der Waals surface area contributed by atoms with Gasteiger partial charge in [-0.05, 0) is 30.7 Å². The van der Waals surface area contributed by atoms with Crippen molar-refractivity contribution in [2.75, 3.05) is 7.11 Å². The molecular weight excluding hydrogens is 238 g/mol. The van der Waals surface area contributed by atoms with Gasteiger partial charge in [-0.25, -0.2) is 0 Å². The van der Waals surface area contributed by atoms with Crippen molar-refractivity contribution in [1.82, 2.24) is 5.32 Å². The number of imide groups is 1. The summed E-state index contributed by atoms with van der Waals surface area (Å²) >= 11 is 1.47. The summed E-state index contributed by atoms with van der Waals surface area (Å²) in [6, 6.07) is 7.53. The number of hydrogen-bond donors (Lipinski definition) is 1. The van der Waals surface area contributed by atoms with Gasteiger partial charge in [-0.2, -0.15) is 0 Å². The van der Waals surface area contributed by atoms with E-state index in [2.05, 4.69) is 5.32 Å². The van der Waals surface area contributed by atoms with Crippen LogP contribution in [0, 0.1) is 0 Å². The second-order valence-corrected chi connectivity index (χ2v) is 5.01. The van der Waals surface area contributed by atoms with E-state index in [-0.39, 0.29) is 17.1 Å². The van der Waals surface area contributed by atoms with Crippen LogP contribution in [0.5, 0.6) is 5.75 Å². The molecule has 0 bridgehead atoms. The predicted octanol–water partition coefficient (Wildman–Crippen LogP) is 1.59. The Morgan fingerprint density at radius 3 is 2.59 bits per heavy atom. The highest BCUT2D eigenvalue weighted by Gasteiger charge is 2.27. The quantitative estimate of drug-likeness (QED) is 0.829. The Bertz CT molecular complexity index is 430. The molecule has 1 aromatic carbocycles. The summed E-state index contributed by atoms with van der Waals surface area (Å²) in [5.41, 5.74) is 0. The van der Waals surface area contributed by atoms with E-state index < -0.39 is 0 Å². The van der Waals surface area contributed by atoms with Gasteiger partial charge in [0.25, 0.3) is 0 Å². The predicted molar refractivity (Wildman–Crippen MR) is 65.0 cm³/mol. The molecular formula is C12H13NO3S. The van der Waals surface area contributed by atoms with Gasteiger partial charge in [-0.15, -0.1) is 11.8 Å². The summed E-state index contributed by atoms with van der Waals surface area (Å²) in [5.74, 6) is 0.418. The zero-order chi connectivity index (χ0) is 12.3. The first-order chi connectivity index (χ1) is 8.19. The maximum absolute atomic E-state index is 11.6. The number of carbonyl (C=O) groups is 2. The third kappa shape index (κ3) is 3.00. The highest BCUT2D eigenvalue weighted by atomic mass is 32.2. The van der Waals surface area contributed by atoms with Crippen LogP contribution in [0.15, 0.2) is 29.2 Å². The molecule has 5 heteroatoms. The Balaban J connectivity index is 2.00. The van der Waals surface area contributed by atoms with Crippen molar-refractivity contribution in [2.24, 2.45) is 0 Å². The van der Waals surface area contributed by atoms with Gasteiger partial charge in [0.05, 0.1) is 12.4 Å². The number of hydrogen-bond acceptors (Lipinski definition) is 4. The number of carbonyl (C=O) groups excluding carboxylic acids is 2. The molecule has 1 heterocycles. The van der Waals surface area contributed by atoms with Gasteiger partial charge in [-0.1, -0.05) is 0 Å². The maximum atomic E-state index is 11.6. The Labute approximate surface area is 104 Å². The van der Waals surface area contributed by atoms with E-state index in [9.17, 15) is 9.59 Å². The van der Waals surface area contributed by atoms with E-state index in [1.165, 1.54) is 11.8 Å². The molecule has 90 valence electrons. The summed E-state index contributed by atoms with van der Waals surface area (Å²) in [7, 11) is 1.61. The molecule has 0 spiro atoms. The van der Waals surface area contributed by atoms with Gasteiger partial charge in [0, 0.05) is 11.3 Å². The molecule has 1 atom stereocenters. The number of piperidine rings is 1. The Kier molecular flexibility index (Phi) is 3.68. The van der Waals surface area contributed by atoms with Crippen molar-refractivity contribution in [3.8, 4) is 5.75 Å². The fraction of sp³-hybridized carbons (Fsp3) is 0.333. The van der Waals surface area contributed by atoms with Gasteiger partial charge in [0.1, 0.15) is 5.75 Å². The minimum absolute atomic E-state index is 0.179. The Morgan fingerprint density at radius 2 is 2.00 bits per heavy atom. The summed E-state index contributed by atoms with van der Waals surface area (Å²) in [5, 5.41) is 2.17. The van der Waals surface area contributed by atoms with Crippen LogP contribution in [0.4, 0.5) is 0 Å². The van der Waals surface area contributed by atoms with Crippen LogP contribution in [-0.2, 0) is 9.59 Å². The number of ether oxygens (including phenoxy) is 1. The lowest BCUT2D eigenvalue weighted by molar-refractivity contribution is -0.132. The van der Waals surface area contributed by atoms with Crippen LogP contribution < -0.4 is 10.1 Å². The lowest BCUT2D eigenvalue weighted by atomic mass is 10.1. The SMILES string of the molecule is COc1ccc(SC2CCC(=O)NC2=O)cc1. The molecule has 1 aliphatic rings. The van der Waals surface area contributed by atoms with Crippen LogP contribution in [0.25, 0.3) is 0 Å². The van der Waals surface area contributed by atoms with E-state index in [0.717, 1.165) is 10.6 Å². The second-order valence-electron chi connectivity index (χ2n) is 3.73. The molecule has 17 heavy (non-hydrogen) atoms. The standard InChI is InChI=1S/C12H13NO3S/c1-16-8-2-4-9(5-3-8)17-10-6-7-11(14)13-12(10)15/h2-5,10H,6-7H2,1H3,(H,13,14,15). The molecule has 1 saturated heterocycles. The van der Waals surface area contributed by atoms with Crippen LogP contribution in [0.2, 0.25) is 0 Å². The third-order valence-corrected chi connectivity index (χ3v) is 3.81. The van der Waals surface area contributed by atoms with Crippen molar-refractivity contribution in [3.63, 3.8) is 0 Å². The first-order valence-corrected chi connectivity index (χ1v) is 6.21. The molecule has 0 saturated carbocycles. The van der Waals surface area contributed by atoms with Gasteiger partial charge in [-0.3, -0.25) is 14.9 Å². The fourth-order valence-electron chi connectivity index (χ4n) is 1.60. The number of thioether (sulfide) groups is 1. The molecule has 0 aromatic heterocycles. The van der Waals surface area contributed by atoms with Crippen LogP contribution in [-0.4, -0.2) is 24.2 Å². The van der Waals surface area contributed by atoms with E-state index in [4.69, 9.17) is 4.74 Å². The molecule has 4 nitrogen and oxygen atoms in total. The van der Waals surface area contributed by atoms with Gasteiger partial charge in [0.15, 0.2) is 0 Å². The Morgan fingerprint density at radius 1 is 1.29 bits per heavy atom. The minimum Gasteiger partial charge on any atom is -0.497 e. The molecule has 0 radical (unpaired) electrons.